The van der Waals surface area contributed by atoms with Crippen molar-refractivity contribution >= 4 is 16.9 Å². The lowest BCUT2D eigenvalue weighted by atomic mass is 9.95. The maximum absolute atomic E-state index is 13.0. The Labute approximate surface area is 144 Å². The van der Waals surface area contributed by atoms with Crippen LogP contribution in [0.15, 0.2) is 28.9 Å². The Morgan fingerprint density at radius 2 is 2.08 bits per heavy atom. The van der Waals surface area contributed by atoms with Crippen LogP contribution in [0.4, 0.5) is 0 Å². The number of aryl methyl sites for hydroxylation is 1. The minimum Gasteiger partial charge on any atom is -0.350 e. The molecule has 0 spiro atoms. The first-order chi connectivity index (χ1) is 12.3. The summed E-state index contributed by atoms with van der Waals surface area (Å²) in [5, 5.41) is 5.12. The first kappa shape index (κ1) is 14.6. The molecular formula is C19H18N4O2. The van der Waals surface area contributed by atoms with Crippen LogP contribution in [0.3, 0.4) is 0 Å². The zero-order chi connectivity index (χ0) is 16.8. The van der Waals surface area contributed by atoms with Crippen molar-refractivity contribution < 1.29 is 9.32 Å². The van der Waals surface area contributed by atoms with Gasteiger partial charge < -0.3 is 9.42 Å². The molecule has 5 rings (SSSR count). The van der Waals surface area contributed by atoms with Gasteiger partial charge in [0.2, 0.25) is 5.76 Å². The van der Waals surface area contributed by atoms with Crippen LogP contribution in [0.1, 0.15) is 45.9 Å². The SMILES string of the molecule is O=C(c1onc2c1CCCC2)N1CCc2nc3ncccc3cc2C1. The third kappa shape index (κ3) is 2.40. The molecule has 0 saturated carbocycles. The number of aromatic nitrogens is 3. The molecule has 3 aromatic rings. The summed E-state index contributed by atoms with van der Waals surface area (Å²) in [6.07, 6.45) is 6.52. The average molecular weight is 334 g/mol. The Morgan fingerprint density at radius 3 is 3.04 bits per heavy atom. The summed E-state index contributed by atoms with van der Waals surface area (Å²) in [6.45, 7) is 1.20. The molecule has 0 fully saturated rings. The van der Waals surface area contributed by atoms with E-state index in [1.54, 1.807) is 6.20 Å². The van der Waals surface area contributed by atoms with Crippen molar-refractivity contribution in [3.63, 3.8) is 0 Å². The van der Waals surface area contributed by atoms with Gasteiger partial charge in [-0.1, -0.05) is 5.16 Å². The van der Waals surface area contributed by atoms with Crippen molar-refractivity contribution in [2.75, 3.05) is 6.54 Å². The van der Waals surface area contributed by atoms with Gasteiger partial charge in [0.15, 0.2) is 5.65 Å². The van der Waals surface area contributed by atoms with Crippen LogP contribution in [0.25, 0.3) is 11.0 Å². The fourth-order valence-electron chi connectivity index (χ4n) is 3.84. The second-order valence-electron chi connectivity index (χ2n) is 6.77. The largest absolute Gasteiger partial charge is 0.350 e. The predicted octanol–water partition coefficient (Wildman–Crippen LogP) is 2.70. The normalized spacial score (nSPS) is 16.6. The number of hydrogen-bond donors (Lipinski definition) is 0. The van der Waals surface area contributed by atoms with Gasteiger partial charge in [0, 0.05) is 42.4 Å². The molecule has 1 aliphatic carbocycles. The quantitative estimate of drug-likeness (QED) is 0.684. The van der Waals surface area contributed by atoms with Gasteiger partial charge in [-0.3, -0.25) is 4.79 Å². The molecular weight excluding hydrogens is 316 g/mol. The Hall–Kier alpha value is -2.76. The van der Waals surface area contributed by atoms with E-state index in [1.807, 2.05) is 17.0 Å². The Kier molecular flexibility index (Phi) is 3.29. The number of nitrogens with zero attached hydrogens (tertiary/aromatic N) is 4. The molecule has 126 valence electrons. The van der Waals surface area contributed by atoms with Crippen LogP contribution in [0, 0.1) is 0 Å². The van der Waals surface area contributed by atoms with E-state index in [2.05, 4.69) is 21.2 Å². The number of amides is 1. The first-order valence-corrected chi connectivity index (χ1v) is 8.80. The number of carbonyl (C=O) groups is 1. The highest BCUT2D eigenvalue weighted by atomic mass is 16.5. The standard InChI is InChI=1S/C19H18N4O2/c24-19(17-14-5-1-2-6-16(14)22-25-17)23-9-7-15-13(11-23)10-12-4-3-8-20-18(12)21-15/h3-4,8,10H,1-2,5-7,9,11H2. The smallest absolute Gasteiger partial charge is 0.293 e. The molecule has 4 heterocycles. The summed E-state index contributed by atoms with van der Waals surface area (Å²) >= 11 is 0. The van der Waals surface area contributed by atoms with Crippen molar-refractivity contribution in [2.24, 2.45) is 0 Å². The van der Waals surface area contributed by atoms with E-state index in [1.165, 1.54) is 0 Å². The van der Waals surface area contributed by atoms with Gasteiger partial charge >= 0.3 is 0 Å². The van der Waals surface area contributed by atoms with Gasteiger partial charge in [-0.2, -0.15) is 0 Å². The number of pyridine rings is 2. The monoisotopic (exact) mass is 334 g/mol. The predicted molar refractivity (Wildman–Crippen MR) is 91.1 cm³/mol. The molecule has 6 heteroatoms. The van der Waals surface area contributed by atoms with Gasteiger partial charge in [-0.05, 0) is 49.4 Å². The van der Waals surface area contributed by atoms with E-state index < -0.39 is 0 Å². The third-order valence-corrected chi connectivity index (χ3v) is 5.18. The summed E-state index contributed by atoms with van der Waals surface area (Å²) in [5.74, 6) is 0.390. The average Bonchev–Trinajstić information content (AvgIpc) is 3.09. The minimum absolute atomic E-state index is 0.0485. The van der Waals surface area contributed by atoms with Gasteiger partial charge in [-0.15, -0.1) is 0 Å². The molecule has 2 aliphatic rings. The molecule has 0 radical (unpaired) electrons. The topological polar surface area (TPSA) is 72.1 Å². The highest BCUT2D eigenvalue weighted by Gasteiger charge is 2.30. The van der Waals surface area contributed by atoms with Gasteiger partial charge in [0.05, 0.1) is 5.69 Å². The fourth-order valence-corrected chi connectivity index (χ4v) is 3.84. The zero-order valence-electron chi connectivity index (χ0n) is 13.9. The van der Waals surface area contributed by atoms with Crippen LogP contribution in [-0.2, 0) is 25.8 Å². The molecule has 6 nitrogen and oxygen atoms in total. The molecule has 25 heavy (non-hydrogen) atoms. The maximum atomic E-state index is 13.0. The second kappa shape index (κ2) is 5.65. The minimum atomic E-state index is -0.0485. The van der Waals surface area contributed by atoms with Crippen LogP contribution in [0.2, 0.25) is 0 Å². The second-order valence-corrected chi connectivity index (χ2v) is 6.77. The van der Waals surface area contributed by atoms with Crippen LogP contribution >= 0.6 is 0 Å². The fraction of sp³-hybridized carbons (Fsp3) is 0.368. The summed E-state index contributed by atoms with van der Waals surface area (Å²) < 4.78 is 5.42. The zero-order valence-corrected chi connectivity index (χ0v) is 13.9. The van der Waals surface area contributed by atoms with Crippen molar-refractivity contribution in [1.29, 1.82) is 0 Å². The summed E-state index contributed by atoms with van der Waals surface area (Å²) in [4.78, 5) is 23.8. The highest BCUT2D eigenvalue weighted by Crippen LogP contribution is 2.27. The first-order valence-electron chi connectivity index (χ1n) is 8.80. The third-order valence-electron chi connectivity index (χ3n) is 5.18. The van der Waals surface area contributed by atoms with Crippen LogP contribution in [0.5, 0.6) is 0 Å². The van der Waals surface area contributed by atoms with E-state index in [9.17, 15) is 4.79 Å². The van der Waals surface area contributed by atoms with Crippen molar-refractivity contribution in [3.8, 4) is 0 Å². The van der Waals surface area contributed by atoms with Gasteiger partial charge in [0.1, 0.15) is 0 Å². The van der Waals surface area contributed by atoms with Crippen molar-refractivity contribution in [3.05, 3.63) is 52.7 Å². The van der Waals surface area contributed by atoms with E-state index in [-0.39, 0.29) is 5.91 Å². The van der Waals surface area contributed by atoms with E-state index in [0.29, 0.717) is 18.8 Å². The summed E-state index contributed by atoms with van der Waals surface area (Å²) in [6, 6.07) is 6.01. The Morgan fingerprint density at radius 1 is 1.16 bits per heavy atom. The molecule has 0 aromatic carbocycles. The number of carbonyl (C=O) groups excluding carboxylic acids is 1. The lowest BCUT2D eigenvalue weighted by Gasteiger charge is -2.28. The maximum Gasteiger partial charge on any atom is 0.293 e. The summed E-state index contributed by atoms with van der Waals surface area (Å²) in [7, 11) is 0. The Bertz CT molecular complexity index is 979. The van der Waals surface area contributed by atoms with E-state index in [4.69, 9.17) is 4.52 Å². The van der Waals surface area contributed by atoms with Gasteiger partial charge in [-0.25, -0.2) is 9.97 Å². The van der Waals surface area contributed by atoms with Crippen molar-refractivity contribution in [2.45, 2.75) is 38.6 Å². The molecule has 0 unspecified atom stereocenters. The van der Waals surface area contributed by atoms with E-state index in [0.717, 1.165) is 65.7 Å². The number of rotatable bonds is 1. The molecule has 0 N–H and O–H groups in total. The van der Waals surface area contributed by atoms with E-state index >= 15 is 0 Å². The lowest BCUT2D eigenvalue weighted by molar-refractivity contribution is 0.0690. The van der Waals surface area contributed by atoms with Gasteiger partial charge in [0.25, 0.3) is 5.91 Å². The summed E-state index contributed by atoms with van der Waals surface area (Å²) in [5.41, 5.74) is 4.88. The van der Waals surface area contributed by atoms with Crippen LogP contribution in [-0.4, -0.2) is 32.5 Å². The Balaban J connectivity index is 1.46. The molecule has 1 aliphatic heterocycles. The molecule has 1 amide bonds. The van der Waals surface area contributed by atoms with Crippen LogP contribution < -0.4 is 0 Å². The number of hydrogen-bond acceptors (Lipinski definition) is 5. The molecule has 0 saturated heterocycles. The molecule has 3 aromatic heterocycles. The molecule has 0 atom stereocenters. The molecule has 0 bridgehead atoms. The number of fused-ring (bicyclic) bond motifs is 3. The van der Waals surface area contributed by atoms with Crippen molar-refractivity contribution in [1.82, 2.24) is 20.0 Å². The lowest BCUT2D eigenvalue weighted by Crippen LogP contribution is -2.36. The highest BCUT2D eigenvalue weighted by molar-refractivity contribution is 5.93.